The van der Waals surface area contributed by atoms with Crippen LogP contribution in [0.4, 0.5) is 0 Å². The quantitative estimate of drug-likeness (QED) is 0.685. The zero-order chi connectivity index (χ0) is 22.1. The number of allylic oxidation sites excluding steroid dienone is 4. The molecule has 164 valence electrons. The zero-order valence-electron chi connectivity index (χ0n) is 18.2. The van der Waals surface area contributed by atoms with Gasteiger partial charge in [0.05, 0.1) is 0 Å². The molecule has 0 aromatic heterocycles. The van der Waals surface area contributed by atoms with Gasteiger partial charge in [0.25, 0.3) is 0 Å². The summed E-state index contributed by atoms with van der Waals surface area (Å²) >= 11 is 0. The number of fused-ring (bicyclic) bond motifs is 5. The first-order valence-electron chi connectivity index (χ1n) is 11.0. The Kier molecular flexibility index (Phi) is 4.90. The Hall–Kier alpha value is -1.79. The van der Waals surface area contributed by atoms with Crippen molar-refractivity contribution >= 4 is 17.5 Å². The third-order valence-corrected chi connectivity index (χ3v) is 8.94. The van der Waals surface area contributed by atoms with Gasteiger partial charge in [0.1, 0.15) is 18.3 Å². The highest BCUT2D eigenvalue weighted by atomic mass is 16.5. The fourth-order valence-electron chi connectivity index (χ4n) is 7.66. The molecule has 0 aromatic rings. The molecule has 4 aliphatic rings. The molecule has 0 bridgehead atoms. The van der Waals surface area contributed by atoms with Crippen LogP contribution < -0.4 is 0 Å². The molecule has 0 amide bonds. The van der Waals surface area contributed by atoms with E-state index in [1.165, 1.54) is 6.92 Å². The zero-order valence-corrected chi connectivity index (χ0v) is 18.2. The Labute approximate surface area is 177 Å². The first kappa shape index (κ1) is 21.4. The van der Waals surface area contributed by atoms with Crippen molar-refractivity contribution in [3.63, 3.8) is 0 Å². The first-order chi connectivity index (χ1) is 14.0. The molecule has 0 unspecified atom stereocenters. The number of hydrogen-bond donors (Lipinski definition) is 2. The summed E-state index contributed by atoms with van der Waals surface area (Å²) in [5.41, 5.74) is -1.77. The largest absolute Gasteiger partial charge is 0.462 e. The van der Waals surface area contributed by atoms with Crippen LogP contribution in [0.1, 0.15) is 53.4 Å². The predicted octanol–water partition coefficient (Wildman–Crippen LogP) is 2.37. The Morgan fingerprint density at radius 2 is 2.00 bits per heavy atom. The van der Waals surface area contributed by atoms with Gasteiger partial charge in [-0.05, 0) is 55.6 Å². The maximum atomic E-state index is 12.8. The number of carbonyl (C=O) groups is 3. The summed E-state index contributed by atoms with van der Waals surface area (Å²) in [6.07, 6.45) is 7.44. The molecule has 0 spiro atoms. The lowest BCUT2D eigenvalue weighted by Crippen LogP contribution is -2.63. The molecule has 2 N–H and O–H groups in total. The minimum absolute atomic E-state index is 0.0111. The van der Waals surface area contributed by atoms with E-state index in [-0.39, 0.29) is 35.4 Å². The standard InChI is InChI=1S/C24H32O6/c1-13-9-18-17-6-5-15-10-16(27)7-8-22(15,3)21(17)19(30-14(2)26)11-23(18,4)24(13,29)20(28)12-25/h7-8,10,13,17-19,21,25,29H,5-6,9,11-12H2,1-4H3/t13-,17+,18+,19+,21-,22+,23+,24+/m0/s1. The molecule has 0 heterocycles. The smallest absolute Gasteiger partial charge is 0.302 e. The number of Topliss-reactive ketones (excluding diaryl/α,β-unsaturated/α-hetero) is 1. The Morgan fingerprint density at radius 3 is 2.63 bits per heavy atom. The van der Waals surface area contributed by atoms with Crippen LogP contribution in [0.2, 0.25) is 0 Å². The number of aliphatic hydroxyl groups excluding tert-OH is 1. The molecule has 0 aromatic carbocycles. The highest BCUT2D eigenvalue weighted by Crippen LogP contribution is 2.68. The lowest BCUT2D eigenvalue weighted by Gasteiger charge is -2.60. The maximum absolute atomic E-state index is 12.8. The molecule has 6 heteroatoms. The summed E-state index contributed by atoms with van der Waals surface area (Å²) in [6.45, 7) is 6.59. The van der Waals surface area contributed by atoms with Gasteiger partial charge in [-0.15, -0.1) is 0 Å². The van der Waals surface area contributed by atoms with E-state index >= 15 is 0 Å². The van der Waals surface area contributed by atoms with Gasteiger partial charge in [0.15, 0.2) is 11.6 Å². The molecule has 3 fully saturated rings. The predicted molar refractivity (Wildman–Crippen MR) is 109 cm³/mol. The first-order valence-corrected chi connectivity index (χ1v) is 11.0. The van der Waals surface area contributed by atoms with E-state index in [0.717, 1.165) is 18.4 Å². The number of ketones is 2. The topological polar surface area (TPSA) is 101 Å². The molecule has 30 heavy (non-hydrogen) atoms. The Balaban J connectivity index is 1.83. The SMILES string of the molecule is CC(=O)O[C@@H]1C[C@]2(C)[C@H](C[C@H](C)[C@@]2(O)C(=O)CO)[C@H]2CCC3=CC(=O)C=C[C@@]3(C)[C@@H]21. The molecule has 8 atom stereocenters. The van der Waals surface area contributed by atoms with Crippen LogP contribution in [-0.4, -0.2) is 46.1 Å². The van der Waals surface area contributed by atoms with Crippen LogP contribution in [0.25, 0.3) is 0 Å². The average molecular weight is 417 g/mol. The van der Waals surface area contributed by atoms with Gasteiger partial charge in [-0.3, -0.25) is 14.4 Å². The molecule has 0 aliphatic heterocycles. The van der Waals surface area contributed by atoms with Crippen molar-refractivity contribution in [3.05, 3.63) is 23.8 Å². The fourth-order valence-corrected chi connectivity index (χ4v) is 7.66. The van der Waals surface area contributed by atoms with Crippen LogP contribution in [0.3, 0.4) is 0 Å². The summed E-state index contributed by atoms with van der Waals surface area (Å²) < 4.78 is 5.85. The molecular formula is C24H32O6. The summed E-state index contributed by atoms with van der Waals surface area (Å²) in [5, 5.41) is 21.2. The molecule has 6 nitrogen and oxygen atoms in total. The number of carbonyl (C=O) groups excluding carboxylic acids is 3. The van der Waals surface area contributed by atoms with E-state index in [4.69, 9.17) is 4.74 Å². The van der Waals surface area contributed by atoms with Crippen LogP contribution in [-0.2, 0) is 19.1 Å². The van der Waals surface area contributed by atoms with Crippen molar-refractivity contribution in [3.8, 4) is 0 Å². The van der Waals surface area contributed by atoms with Crippen LogP contribution >= 0.6 is 0 Å². The van der Waals surface area contributed by atoms with Crippen LogP contribution in [0, 0.1) is 34.5 Å². The summed E-state index contributed by atoms with van der Waals surface area (Å²) in [5.74, 6) is -1.07. The molecule has 0 saturated heterocycles. The second-order valence-electron chi connectivity index (χ2n) is 10.3. The van der Waals surface area contributed by atoms with Gasteiger partial charge in [0, 0.05) is 23.7 Å². The Morgan fingerprint density at radius 1 is 1.30 bits per heavy atom. The molecular weight excluding hydrogens is 384 g/mol. The number of aliphatic hydroxyl groups is 2. The number of ether oxygens (including phenoxy) is 1. The summed E-state index contributed by atoms with van der Waals surface area (Å²) in [7, 11) is 0. The third kappa shape index (κ3) is 2.65. The maximum Gasteiger partial charge on any atom is 0.302 e. The van der Waals surface area contributed by atoms with Gasteiger partial charge in [-0.2, -0.15) is 0 Å². The second-order valence-corrected chi connectivity index (χ2v) is 10.3. The van der Waals surface area contributed by atoms with Crippen molar-refractivity contribution in [1.82, 2.24) is 0 Å². The number of esters is 1. The fraction of sp³-hybridized carbons (Fsp3) is 0.708. The van der Waals surface area contributed by atoms with E-state index < -0.39 is 34.9 Å². The van der Waals surface area contributed by atoms with Gasteiger partial charge in [0.2, 0.25) is 0 Å². The van der Waals surface area contributed by atoms with Crippen molar-refractivity contribution < 1.29 is 29.3 Å². The summed E-state index contributed by atoms with van der Waals surface area (Å²) in [4.78, 5) is 36.8. The minimum Gasteiger partial charge on any atom is -0.462 e. The minimum atomic E-state index is -1.65. The Bertz CT molecular complexity index is 858. The van der Waals surface area contributed by atoms with Gasteiger partial charge < -0.3 is 14.9 Å². The molecule has 4 aliphatic carbocycles. The monoisotopic (exact) mass is 416 g/mol. The van der Waals surface area contributed by atoms with Crippen molar-refractivity contribution in [2.45, 2.75) is 65.1 Å². The van der Waals surface area contributed by atoms with Crippen LogP contribution in [0.5, 0.6) is 0 Å². The molecule has 4 rings (SSSR count). The lowest BCUT2D eigenvalue weighted by molar-refractivity contribution is -0.194. The van der Waals surface area contributed by atoms with E-state index in [0.29, 0.717) is 12.8 Å². The number of hydrogen-bond acceptors (Lipinski definition) is 6. The van der Waals surface area contributed by atoms with E-state index in [1.54, 1.807) is 12.2 Å². The summed E-state index contributed by atoms with van der Waals surface area (Å²) in [6, 6.07) is 0. The highest BCUT2D eigenvalue weighted by Gasteiger charge is 2.71. The lowest BCUT2D eigenvalue weighted by atomic mass is 9.46. The van der Waals surface area contributed by atoms with Gasteiger partial charge in [-0.1, -0.05) is 32.4 Å². The molecule has 0 radical (unpaired) electrons. The second kappa shape index (κ2) is 6.86. The number of rotatable bonds is 3. The molecule has 3 saturated carbocycles. The van der Waals surface area contributed by atoms with Crippen molar-refractivity contribution in [2.75, 3.05) is 6.61 Å². The van der Waals surface area contributed by atoms with E-state index in [2.05, 4.69) is 6.92 Å². The van der Waals surface area contributed by atoms with Gasteiger partial charge in [-0.25, -0.2) is 0 Å². The van der Waals surface area contributed by atoms with Crippen molar-refractivity contribution in [2.24, 2.45) is 34.5 Å². The van der Waals surface area contributed by atoms with E-state index in [1.807, 2.05) is 19.9 Å². The van der Waals surface area contributed by atoms with Crippen molar-refractivity contribution in [1.29, 1.82) is 0 Å². The van der Waals surface area contributed by atoms with Crippen LogP contribution in [0.15, 0.2) is 23.8 Å². The average Bonchev–Trinajstić information content (AvgIpc) is 2.88. The third-order valence-electron chi connectivity index (χ3n) is 8.94. The van der Waals surface area contributed by atoms with Gasteiger partial charge >= 0.3 is 5.97 Å². The van der Waals surface area contributed by atoms with E-state index in [9.17, 15) is 24.6 Å². The highest BCUT2D eigenvalue weighted by molar-refractivity contribution is 6.01. The normalized spacial score (nSPS) is 47.1.